The molecule has 3 fully saturated rings. The molecule has 0 heterocycles. The lowest BCUT2D eigenvalue weighted by Crippen LogP contribution is -2.55. The van der Waals surface area contributed by atoms with Crippen LogP contribution in [0.25, 0.3) is 0 Å². The van der Waals surface area contributed by atoms with E-state index < -0.39 is 0 Å². The first-order chi connectivity index (χ1) is 5.71. The lowest BCUT2D eigenvalue weighted by Gasteiger charge is -2.47. The van der Waals surface area contributed by atoms with Crippen LogP contribution in [-0.4, -0.2) is 11.6 Å². The fourth-order valence-corrected chi connectivity index (χ4v) is 3.75. The van der Waals surface area contributed by atoms with E-state index >= 15 is 0 Å². The molecule has 0 aromatic rings. The maximum absolute atomic E-state index is 11.6. The van der Waals surface area contributed by atoms with Crippen molar-refractivity contribution in [3.05, 3.63) is 0 Å². The average molecular weight is 164 g/mol. The number of carbonyl (C=O) groups excluding carboxylic acids is 2. The highest BCUT2D eigenvalue weighted by Gasteiger charge is 2.73. The average Bonchev–Trinajstić information content (AvgIpc) is 2.42. The summed E-state index contributed by atoms with van der Waals surface area (Å²) in [5.74, 6) is 0.769. The molecule has 0 N–H and O–H groups in total. The number of hydrogen-bond acceptors (Lipinski definition) is 2. The number of Topliss-reactive ketones (excluding diaryl/α,β-unsaturated/α-hetero) is 2. The second kappa shape index (κ2) is 1.66. The lowest BCUT2D eigenvalue weighted by atomic mass is 9.52. The van der Waals surface area contributed by atoms with E-state index in [1.54, 1.807) is 0 Å². The molecule has 0 aliphatic heterocycles. The SMILES string of the molecule is O=C1CC23CCCC12CCC3=O. The van der Waals surface area contributed by atoms with Gasteiger partial charge in [-0.1, -0.05) is 6.42 Å². The van der Waals surface area contributed by atoms with Gasteiger partial charge in [0.1, 0.15) is 11.6 Å². The zero-order chi connectivity index (χ0) is 8.40. The highest BCUT2D eigenvalue weighted by atomic mass is 16.1. The quantitative estimate of drug-likeness (QED) is 0.543. The molecule has 0 aromatic carbocycles. The van der Waals surface area contributed by atoms with Crippen LogP contribution in [0.1, 0.15) is 38.5 Å². The second-order valence-corrected chi connectivity index (χ2v) is 4.54. The molecular formula is C10H12O2. The molecule has 0 radical (unpaired) electrons. The predicted molar refractivity (Wildman–Crippen MR) is 42.6 cm³/mol. The molecule has 3 rings (SSSR count). The van der Waals surface area contributed by atoms with Gasteiger partial charge in [-0.25, -0.2) is 0 Å². The van der Waals surface area contributed by atoms with E-state index in [4.69, 9.17) is 0 Å². The summed E-state index contributed by atoms with van der Waals surface area (Å²) in [6.45, 7) is 0. The maximum Gasteiger partial charge on any atom is 0.141 e. The van der Waals surface area contributed by atoms with Gasteiger partial charge < -0.3 is 0 Å². The Morgan fingerprint density at radius 2 is 1.67 bits per heavy atom. The summed E-state index contributed by atoms with van der Waals surface area (Å²) in [4.78, 5) is 23.1. The third kappa shape index (κ3) is 0.420. The highest BCUT2D eigenvalue weighted by molar-refractivity contribution is 6.08. The van der Waals surface area contributed by atoms with E-state index in [0.29, 0.717) is 24.4 Å². The van der Waals surface area contributed by atoms with Crippen LogP contribution in [0.2, 0.25) is 0 Å². The molecular weight excluding hydrogens is 152 g/mol. The third-order valence-electron chi connectivity index (χ3n) is 4.43. The van der Waals surface area contributed by atoms with Crippen LogP contribution in [-0.2, 0) is 9.59 Å². The summed E-state index contributed by atoms with van der Waals surface area (Å²) < 4.78 is 0. The first-order valence-corrected chi connectivity index (χ1v) is 4.78. The fourth-order valence-electron chi connectivity index (χ4n) is 3.75. The van der Waals surface area contributed by atoms with Crippen LogP contribution < -0.4 is 0 Å². The van der Waals surface area contributed by atoms with E-state index in [1.807, 2.05) is 0 Å². The Labute approximate surface area is 71.3 Å². The lowest BCUT2D eigenvalue weighted by molar-refractivity contribution is -0.158. The van der Waals surface area contributed by atoms with Crippen LogP contribution in [0.4, 0.5) is 0 Å². The maximum atomic E-state index is 11.6. The van der Waals surface area contributed by atoms with Crippen molar-refractivity contribution >= 4 is 11.6 Å². The number of carbonyl (C=O) groups is 2. The fraction of sp³-hybridized carbons (Fsp3) is 0.800. The van der Waals surface area contributed by atoms with Crippen LogP contribution in [0.5, 0.6) is 0 Å². The minimum absolute atomic E-state index is 0.135. The topological polar surface area (TPSA) is 34.1 Å². The third-order valence-corrected chi connectivity index (χ3v) is 4.43. The Kier molecular flexibility index (Phi) is 0.940. The van der Waals surface area contributed by atoms with E-state index in [1.165, 1.54) is 0 Å². The zero-order valence-corrected chi connectivity index (χ0v) is 7.06. The van der Waals surface area contributed by atoms with Crippen molar-refractivity contribution in [1.29, 1.82) is 0 Å². The van der Waals surface area contributed by atoms with E-state index in [-0.39, 0.29) is 10.8 Å². The van der Waals surface area contributed by atoms with Gasteiger partial charge in [-0.3, -0.25) is 9.59 Å². The van der Waals surface area contributed by atoms with E-state index in [2.05, 4.69) is 0 Å². The van der Waals surface area contributed by atoms with Gasteiger partial charge in [0.15, 0.2) is 0 Å². The van der Waals surface area contributed by atoms with Gasteiger partial charge in [0.2, 0.25) is 0 Å². The van der Waals surface area contributed by atoms with Crippen LogP contribution in [0, 0.1) is 10.8 Å². The van der Waals surface area contributed by atoms with Crippen LogP contribution in [0.3, 0.4) is 0 Å². The smallest absolute Gasteiger partial charge is 0.141 e. The van der Waals surface area contributed by atoms with Crippen molar-refractivity contribution in [3.63, 3.8) is 0 Å². The number of rotatable bonds is 0. The minimum Gasteiger partial charge on any atom is -0.299 e. The standard InChI is InChI=1S/C10H12O2/c11-7-2-5-9-3-1-4-10(7,9)6-8(9)12/h1-6H2. The summed E-state index contributed by atoms with van der Waals surface area (Å²) in [5, 5.41) is 0. The van der Waals surface area contributed by atoms with Gasteiger partial charge >= 0.3 is 0 Å². The Hall–Kier alpha value is -0.660. The van der Waals surface area contributed by atoms with Crippen molar-refractivity contribution in [2.45, 2.75) is 38.5 Å². The Morgan fingerprint density at radius 1 is 0.917 bits per heavy atom. The summed E-state index contributed by atoms with van der Waals surface area (Å²) in [5.41, 5.74) is -0.270. The van der Waals surface area contributed by atoms with E-state index in [0.717, 1.165) is 25.7 Å². The first kappa shape index (κ1) is 6.81. The molecule has 0 amide bonds. The molecule has 2 atom stereocenters. The van der Waals surface area contributed by atoms with Gasteiger partial charge in [-0.05, 0) is 19.3 Å². The largest absolute Gasteiger partial charge is 0.299 e. The Bertz CT molecular complexity index is 290. The van der Waals surface area contributed by atoms with Gasteiger partial charge in [0.25, 0.3) is 0 Å². The molecule has 3 saturated carbocycles. The molecule has 64 valence electrons. The molecule has 0 aromatic heterocycles. The molecule has 0 spiro atoms. The van der Waals surface area contributed by atoms with Crippen molar-refractivity contribution in [3.8, 4) is 0 Å². The summed E-state index contributed by atoms with van der Waals surface area (Å²) in [7, 11) is 0. The monoisotopic (exact) mass is 164 g/mol. The van der Waals surface area contributed by atoms with Gasteiger partial charge in [-0.15, -0.1) is 0 Å². The van der Waals surface area contributed by atoms with Crippen LogP contribution >= 0.6 is 0 Å². The molecule has 2 nitrogen and oxygen atoms in total. The Balaban J connectivity index is 2.16. The molecule has 0 saturated heterocycles. The second-order valence-electron chi connectivity index (χ2n) is 4.54. The molecule has 12 heavy (non-hydrogen) atoms. The molecule has 2 heteroatoms. The minimum atomic E-state index is -0.135. The summed E-state index contributed by atoms with van der Waals surface area (Å²) in [6, 6.07) is 0. The van der Waals surface area contributed by atoms with Gasteiger partial charge in [0.05, 0.1) is 0 Å². The van der Waals surface area contributed by atoms with Crippen molar-refractivity contribution < 1.29 is 9.59 Å². The van der Waals surface area contributed by atoms with Gasteiger partial charge in [0, 0.05) is 23.7 Å². The molecule has 2 unspecified atom stereocenters. The molecule has 0 bridgehead atoms. The molecule has 3 aliphatic carbocycles. The zero-order valence-electron chi connectivity index (χ0n) is 7.06. The van der Waals surface area contributed by atoms with Crippen molar-refractivity contribution in [2.75, 3.05) is 0 Å². The summed E-state index contributed by atoms with van der Waals surface area (Å²) >= 11 is 0. The van der Waals surface area contributed by atoms with E-state index in [9.17, 15) is 9.59 Å². The predicted octanol–water partition coefficient (Wildman–Crippen LogP) is 1.48. The van der Waals surface area contributed by atoms with Crippen molar-refractivity contribution in [2.24, 2.45) is 10.8 Å². The molecule has 3 aliphatic rings. The van der Waals surface area contributed by atoms with Gasteiger partial charge in [-0.2, -0.15) is 0 Å². The number of hydrogen-bond donors (Lipinski definition) is 0. The van der Waals surface area contributed by atoms with Crippen LogP contribution in [0.15, 0.2) is 0 Å². The number of ketones is 2. The van der Waals surface area contributed by atoms with Crippen molar-refractivity contribution in [1.82, 2.24) is 0 Å². The Morgan fingerprint density at radius 3 is 2.33 bits per heavy atom. The summed E-state index contributed by atoms with van der Waals surface area (Å²) in [6.07, 6.45) is 5.20. The first-order valence-electron chi connectivity index (χ1n) is 4.78. The highest BCUT2D eigenvalue weighted by Crippen LogP contribution is 2.70. The normalized spacial score (nSPS) is 50.3.